The van der Waals surface area contributed by atoms with Crippen molar-refractivity contribution in [1.82, 2.24) is 9.97 Å². The highest BCUT2D eigenvalue weighted by atomic mass is 14.7. The van der Waals surface area contributed by atoms with Crippen LogP contribution in [0.3, 0.4) is 0 Å². The van der Waals surface area contributed by atoms with Gasteiger partial charge in [0.2, 0.25) is 0 Å². The summed E-state index contributed by atoms with van der Waals surface area (Å²) in [5, 5.41) is 0. The second-order valence-corrected chi connectivity index (χ2v) is 5.56. The van der Waals surface area contributed by atoms with Gasteiger partial charge >= 0.3 is 0 Å². The van der Waals surface area contributed by atoms with Crippen molar-refractivity contribution < 1.29 is 0 Å². The average Bonchev–Trinajstić information content (AvgIpc) is 2.69. The number of benzene rings is 2. The third-order valence-corrected chi connectivity index (χ3v) is 4.01. The summed E-state index contributed by atoms with van der Waals surface area (Å²) in [6.07, 6.45) is 3.65. The zero-order valence-corrected chi connectivity index (χ0v) is 13.1. The molecule has 0 aliphatic heterocycles. The van der Waals surface area contributed by atoms with Crippen molar-refractivity contribution in [2.45, 2.75) is 0 Å². The Balaban J connectivity index is 1.92. The Kier molecular flexibility index (Phi) is 3.86. The molecule has 24 heavy (non-hydrogen) atoms. The molecule has 2 nitrogen and oxygen atoms in total. The lowest BCUT2D eigenvalue weighted by Gasteiger charge is -2.11. The second kappa shape index (κ2) is 6.47. The zero-order valence-electron chi connectivity index (χ0n) is 13.1. The fourth-order valence-corrected chi connectivity index (χ4v) is 2.83. The lowest BCUT2D eigenvalue weighted by atomic mass is 9.95. The molecule has 4 aromatic rings. The van der Waals surface area contributed by atoms with E-state index in [0.717, 1.165) is 22.5 Å². The van der Waals surface area contributed by atoms with Gasteiger partial charge in [-0.1, -0.05) is 54.6 Å². The molecule has 2 aromatic heterocycles. The Morgan fingerprint density at radius 2 is 1.08 bits per heavy atom. The van der Waals surface area contributed by atoms with Crippen molar-refractivity contribution >= 4 is 0 Å². The van der Waals surface area contributed by atoms with Gasteiger partial charge in [-0.15, -0.1) is 0 Å². The van der Waals surface area contributed by atoms with Crippen LogP contribution in [0.5, 0.6) is 0 Å². The van der Waals surface area contributed by atoms with E-state index in [0.29, 0.717) is 0 Å². The predicted molar refractivity (Wildman–Crippen MR) is 98.3 cm³/mol. The minimum Gasteiger partial charge on any atom is -0.256 e. The van der Waals surface area contributed by atoms with E-state index in [1.165, 1.54) is 11.1 Å². The molecule has 0 saturated heterocycles. The monoisotopic (exact) mass is 308 g/mol. The van der Waals surface area contributed by atoms with Crippen LogP contribution in [0.4, 0.5) is 0 Å². The molecule has 0 saturated carbocycles. The minimum atomic E-state index is 0.955. The highest BCUT2D eigenvalue weighted by Gasteiger charge is 2.11. The van der Waals surface area contributed by atoms with Crippen LogP contribution >= 0.6 is 0 Å². The molecule has 114 valence electrons. The number of aromatic nitrogens is 2. The smallest absolute Gasteiger partial charge is 0.0708 e. The Labute approximate surface area is 141 Å². The standard InChI is InChI=1S/C22H16N2/c1-2-8-17(9-3-1)18-12-13-19(21-10-4-6-14-23-21)20(16-18)22-11-5-7-15-24-22/h1-16H. The van der Waals surface area contributed by atoms with Gasteiger partial charge in [-0.3, -0.25) is 9.97 Å². The summed E-state index contributed by atoms with van der Waals surface area (Å²) in [5.41, 5.74) is 6.47. The number of rotatable bonds is 3. The van der Waals surface area contributed by atoms with Crippen molar-refractivity contribution in [3.05, 3.63) is 97.3 Å². The molecule has 4 rings (SSSR count). The molecule has 0 spiro atoms. The molecule has 0 aliphatic carbocycles. The van der Waals surface area contributed by atoms with E-state index in [4.69, 9.17) is 0 Å². The largest absolute Gasteiger partial charge is 0.256 e. The maximum atomic E-state index is 4.54. The molecule has 2 aromatic carbocycles. The zero-order chi connectivity index (χ0) is 16.2. The van der Waals surface area contributed by atoms with Gasteiger partial charge in [0, 0.05) is 23.5 Å². The van der Waals surface area contributed by atoms with Gasteiger partial charge in [0.25, 0.3) is 0 Å². The van der Waals surface area contributed by atoms with Crippen LogP contribution in [0.25, 0.3) is 33.6 Å². The van der Waals surface area contributed by atoms with Crippen LogP contribution in [0.1, 0.15) is 0 Å². The van der Waals surface area contributed by atoms with Crippen LogP contribution in [0.2, 0.25) is 0 Å². The third-order valence-electron chi connectivity index (χ3n) is 4.01. The van der Waals surface area contributed by atoms with Gasteiger partial charge in [-0.05, 0) is 41.5 Å². The predicted octanol–water partition coefficient (Wildman–Crippen LogP) is 5.48. The molecule has 0 unspecified atom stereocenters. The number of hydrogen-bond acceptors (Lipinski definition) is 2. The number of nitrogens with zero attached hydrogens (tertiary/aromatic N) is 2. The van der Waals surface area contributed by atoms with E-state index >= 15 is 0 Å². The van der Waals surface area contributed by atoms with Gasteiger partial charge < -0.3 is 0 Å². The van der Waals surface area contributed by atoms with Crippen LogP contribution in [0.15, 0.2) is 97.3 Å². The molecule has 2 heteroatoms. The molecular weight excluding hydrogens is 292 g/mol. The number of hydrogen-bond donors (Lipinski definition) is 0. The maximum Gasteiger partial charge on any atom is 0.0708 e. The van der Waals surface area contributed by atoms with Crippen molar-refractivity contribution in [1.29, 1.82) is 0 Å². The second-order valence-electron chi connectivity index (χ2n) is 5.56. The lowest BCUT2D eigenvalue weighted by molar-refractivity contribution is 1.30. The first kappa shape index (κ1) is 14.3. The Morgan fingerprint density at radius 3 is 1.71 bits per heavy atom. The third kappa shape index (κ3) is 2.82. The SMILES string of the molecule is c1ccc(-c2ccc(-c3ccccn3)c(-c3ccccn3)c2)cc1. The van der Waals surface area contributed by atoms with Crippen molar-refractivity contribution in [3.8, 4) is 33.6 Å². The van der Waals surface area contributed by atoms with Gasteiger partial charge in [0.1, 0.15) is 0 Å². The first-order chi connectivity index (χ1) is 11.9. The molecule has 0 fully saturated rings. The molecular formula is C22H16N2. The highest BCUT2D eigenvalue weighted by Crippen LogP contribution is 2.33. The summed E-state index contributed by atoms with van der Waals surface area (Å²) >= 11 is 0. The van der Waals surface area contributed by atoms with Crippen molar-refractivity contribution in [2.75, 3.05) is 0 Å². The molecule has 0 amide bonds. The Hall–Kier alpha value is -3.26. The van der Waals surface area contributed by atoms with E-state index in [1.54, 1.807) is 0 Å². The Morgan fingerprint density at radius 1 is 0.458 bits per heavy atom. The molecule has 0 N–H and O–H groups in total. The van der Waals surface area contributed by atoms with E-state index in [1.807, 2.05) is 54.9 Å². The fourth-order valence-electron chi connectivity index (χ4n) is 2.83. The summed E-state index contributed by atoms with van der Waals surface area (Å²) in [6, 6.07) is 28.8. The van der Waals surface area contributed by atoms with Crippen molar-refractivity contribution in [2.24, 2.45) is 0 Å². The molecule has 0 atom stereocenters. The molecule has 0 bridgehead atoms. The van der Waals surface area contributed by atoms with Crippen molar-refractivity contribution in [3.63, 3.8) is 0 Å². The van der Waals surface area contributed by atoms with Crippen LogP contribution in [0, 0.1) is 0 Å². The summed E-state index contributed by atoms with van der Waals surface area (Å²) in [7, 11) is 0. The fraction of sp³-hybridized carbons (Fsp3) is 0. The first-order valence-corrected chi connectivity index (χ1v) is 7.94. The van der Waals surface area contributed by atoms with E-state index < -0.39 is 0 Å². The van der Waals surface area contributed by atoms with E-state index in [-0.39, 0.29) is 0 Å². The average molecular weight is 308 g/mol. The summed E-state index contributed by atoms with van der Waals surface area (Å²) in [5.74, 6) is 0. The summed E-state index contributed by atoms with van der Waals surface area (Å²) in [6.45, 7) is 0. The van der Waals surface area contributed by atoms with Gasteiger partial charge in [-0.2, -0.15) is 0 Å². The van der Waals surface area contributed by atoms with Crippen LogP contribution < -0.4 is 0 Å². The lowest BCUT2D eigenvalue weighted by Crippen LogP contribution is -1.91. The summed E-state index contributed by atoms with van der Waals surface area (Å²) < 4.78 is 0. The quantitative estimate of drug-likeness (QED) is 0.501. The van der Waals surface area contributed by atoms with Gasteiger partial charge in [0.15, 0.2) is 0 Å². The van der Waals surface area contributed by atoms with Gasteiger partial charge in [0.05, 0.1) is 11.4 Å². The minimum absolute atomic E-state index is 0.955. The molecule has 2 heterocycles. The maximum absolute atomic E-state index is 4.54. The number of pyridine rings is 2. The Bertz CT molecular complexity index is 933. The normalized spacial score (nSPS) is 10.5. The van der Waals surface area contributed by atoms with Gasteiger partial charge in [-0.25, -0.2) is 0 Å². The molecule has 0 aliphatic rings. The van der Waals surface area contributed by atoms with Crippen LogP contribution in [-0.4, -0.2) is 9.97 Å². The van der Waals surface area contributed by atoms with Crippen LogP contribution in [-0.2, 0) is 0 Å². The highest BCUT2D eigenvalue weighted by molar-refractivity contribution is 5.84. The first-order valence-electron chi connectivity index (χ1n) is 7.94. The topological polar surface area (TPSA) is 25.8 Å². The van der Waals surface area contributed by atoms with E-state index in [2.05, 4.69) is 52.4 Å². The summed E-state index contributed by atoms with van der Waals surface area (Å²) in [4.78, 5) is 9.05. The molecule has 0 radical (unpaired) electrons. The van der Waals surface area contributed by atoms with E-state index in [9.17, 15) is 0 Å².